The molecule has 2 nitrogen and oxygen atoms in total. The van der Waals surface area contributed by atoms with Crippen molar-refractivity contribution in [3.8, 4) is 6.07 Å². The van der Waals surface area contributed by atoms with Gasteiger partial charge in [0.05, 0.1) is 11.6 Å². The first kappa shape index (κ1) is 16.4. The van der Waals surface area contributed by atoms with Crippen molar-refractivity contribution in [1.82, 2.24) is 0 Å². The molecule has 0 aromatic heterocycles. The molecule has 0 atom stereocenters. The molecule has 3 aromatic carbocycles. The zero-order valence-electron chi connectivity index (χ0n) is 15.1. The molecule has 1 fully saturated rings. The second-order valence-electron chi connectivity index (χ2n) is 6.95. The molecule has 128 valence electrons. The van der Waals surface area contributed by atoms with E-state index in [2.05, 4.69) is 66.4 Å². The van der Waals surface area contributed by atoms with E-state index in [1.807, 2.05) is 18.2 Å². The van der Waals surface area contributed by atoms with E-state index in [0.29, 0.717) is 5.57 Å². The second-order valence-corrected chi connectivity index (χ2v) is 6.95. The molecule has 0 aliphatic carbocycles. The summed E-state index contributed by atoms with van der Waals surface area (Å²) in [5.41, 5.74) is 5.27. The maximum atomic E-state index is 9.68. The number of nitriles is 1. The first-order valence-electron chi connectivity index (χ1n) is 9.22. The summed E-state index contributed by atoms with van der Waals surface area (Å²) in [7, 11) is 0. The van der Waals surface area contributed by atoms with Gasteiger partial charge in [-0.1, -0.05) is 60.2 Å². The van der Waals surface area contributed by atoms with Gasteiger partial charge >= 0.3 is 0 Å². The minimum absolute atomic E-state index is 0.698. The summed E-state index contributed by atoms with van der Waals surface area (Å²) in [6.45, 7) is 4.32. The van der Waals surface area contributed by atoms with Gasteiger partial charge in [0.2, 0.25) is 0 Å². The predicted molar refractivity (Wildman–Crippen MR) is 110 cm³/mol. The third-order valence-electron chi connectivity index (χ3n) is 5.16. The highest BCUT2D eigenvalue weighted by Crippen LogP contribution is 2.33. The highest BCUT2D eigenvalue weighted by atomic mass is 15.1. The van der Waals surface area contributed by atoms with Crippen LogP contribution >= 0.6 is 0 Å². The van der Waals surface area contributed by atoms with E-state index >= 15 is 0 Å². The quantitative estimate of drug-likeness (QED) is 0.445. The van der Waals surface area contributed by atoms with Crippen LogP contribution in [-0.2, 0) is 0 Å². The van der Waals surface area contributed by atoms with Crippen LogP contribution in [0.3, 0.4) is 0 Å². The summed E-state index contributed by atoms with van der Waals surface area (Å²) in [4.78, 5) is 2.47. The number of hydrogen-bond acceptors (Lipinski definition) is 2. The zero-order valence-corrected chi connectivity index (χ0v) is 15.1. The standard InChI is InChI=1S/C24H22N2/c1-18-8-10-19(11-9-18)21(17-25)16-20-12-13-24(26-14-4-5-15-26)23-7-3-2-6-22(20)23/h2-3,6-13,16H,4-5,14-15H2,1H3/b21-16-. The summed E-state index contributed by atoms with van der Waals surface area (Å²) in [6, 6.07) is 23.4. The van der Waals surface area contributed by atoms with Gasteiger partial charge < -0.3 is 4.90 Å². The average Bonchev–Trinajstić information content (AvgIpc) is 3.21. The van der Waals surface area contributed by atoms with Gasteiger partial charge in [-0.2, -0.15) is 5.26 Å². The van der Waals surface area contributed by atoms with Crippen molar-refractivity contribution in [2.75, 3.05) is 18.0 Å². The number of fused-ring (bicyclic) bond motifs is 1. The molecule has 26 heavy (non-hydrogen) atoms. The van der Waals surface area contributed by atoms with Crippen LogP contribution in [-0.4, -0.2) is 13.1 Å². The summed E-state index contributed by atoms with van der Waals surface area (Å²) in [5.74, 6) is 0. The van der Waals surface area contributed by atoms with Crippen molar-refractivity contribution in [2.45, 2.75) is 19.8 Å². The van der Waals surface area contributed by atoms with Crippen LogP contribution in [0.25, 0.3) is 22.4 Å². The first-order valence-corrected chi connectivity index (χ1v) is 9.22. The lowest BCUT2D eigenvalue weighted by Crippen LogP contribution is -2.17. The summed E-state index contributed by atoms with van der Waals surface area (Å²) in [5, 5.41) is 12.2. The van der Waals surface area contributed by atoms with Crippen molar-refractivity contribution in [2.24, 2.45) is 0 Å². The molecule has 0 N–H and O–H groups in total. The molecular formula is C24H22N2. The molecular weight excluding hydrogens is 316 g/mol. The Labute approximate surface area is 155 Å². The fourth-order valence-corrected chi connectivity index (χ4v) is 3.73. The topological polar surface area (TPSA) is 27.0 Å². The molecule has 0 bridgehead atoms. The Balaban J connectivity index is 1.83. The summed E-state index contributed by atoms with van der Waals surface area (Å²) in [6.07, 6.45) is 4.55. The van der Waals surface area contributed by atoms with Crippen molar-refractivity contribution in [1.29, 1.82) is 5.26 Å². The Morgan fingerprint density at radius 1 is 0.923 bits per heavy atom. The van der Waals surface area contributed by atoms with E-state index in [-0.39, 0.29) is 0 Å². The van der Waals surface area contributed by atoms with E-state index in [9.17, 15) is 5.26 Å². The molecule has 0 spiro atoms. The van der Waals surface area contributed by atoms with Crippen LogP contribution in [0, 0.1) is 18.3 Å². The predicted octanol–water partition coefficient (Wildman–Crippen LogP) is 5.81. The fourth-order valence-electron chi connectivity index (χ4n) is 3.73. The SMILES string of the molecule is Cc1ccc(/C(C#N)=C\c2ccc(N3CCCC3)c3ccccc23)cc1. The van der Waals surface area contributed by atoms with Gasteiger partial charge in [0.15, 0.2) is 0 Å². The van der Waals surface area contributed by atoms with E-state index in [1.165, 1.54) is 34.9 Å². The van der Waals surface area contributed by atoms with E-state index in [1.54, 1.807) is 0 Å². The third-order valence-corrected chi connectivity index (χ3v) is 5.16. The zero-order chi connectivity index (χ0) is 17.9. The lowest BCUT2D eigenvalue weighted by Gasteiger charge is -2.20. The molecule has 1 aliphatic heterocycles. The normalized spacial score (nSPS) is 14.6. The minimum Gasteiger partial charge on any atom is -0.371 e. The fraction of sp³-hybridized carbons (Fsp3) is 0.208. The number of rotatable bonds is 3. The van der Waals surface area contributed by atoms with Crippen molar-refractivity contribution in [3.63, 3.8) is 0 Å². The van der Waals surface area contributed by atoms with Crippen molar-refractivity contribution >= 4 is 28.1 Å². The molecule has 1 heterocycles. The van der Waals surface area contributed by atoms with Gasteiger partial charge in [0.1, 0.15) is 0 Å². The van der Waals surface area contributed by atoms with Gasteiger partial charge in [0.25, 0.3) is 0 Å². The molecule has 2 heteroatoms. The Hall–Kier alpha value is -3.05. The highest BCUT2D eigenvalue weighted by molar-refractivity contribution is 6.03. The van der Waals surface area contributed by atoms with Gasteiger partial charge in [-0.3, -0.25) is 0 Å². The Morgan fingerprint density at radius 3 is 2.31 bits per heavy atom. The van der Waals surface area contributed by atoms with Crippen molar-refractivity contribution in [3.05, 3.63) is 77.4 Å². The first-order chi connectivity index (χ1) is 12.8. The van der Waals surface area contributed by atoms with Crippen LogP contribution in [0.2, 0.25) is 0 Å². The monoisotopic (exact) mass is 338 g/mol. The molecule has 0 unspecified atom stereocenters. The molecule has 1 saturated heterocycles. The number of allylic oxidation sites excluding steroid dienone is 1. The molecule has 0 amide bonds. The van der Waals surface area contributed by atoms with Crippen LogP contribution in [0.5, 0.6) is 0 Å². The van der Waals surface area contributed by atoms with Crippen LogP contribution in [0.1, 0.15) is 29.5 Å². The van der Waals surface area contributed by atoms with Gasteiger partial charge in [0, 0.05) is 24.2 Å². The summed E-state index contributed by atoms with van der Waals surface area (Å²) >= 11 is 0. The third kappa shape index (κ3) is 3.09. The second kappa shape index (κ2) is 7.06. The number of anilines is 1. The van der Waals surface area contributed by atoms with Gasteiger partial charge in [-0.05, 0) is 48.4 Å². The van der Waals surface area contributed by atoms with Gasteiger partial charge in [-0.25, -0.2) is 0 Å². The number of hydrogen-bond donors (Lipinski definition) is 0. The Kier molecular flexibility index (Phi) is 4.46. The van der Waals surface area contributed by atoms with Crippen LogP contribution in [0.4, 0.5) is 5.69 Å². The van der Waals surface area contributed by atoms with Crippen LogP contribution < -0.4 is 4.90 Å². The smallest absolute Gasteiger partial charge is 0.0998 e. The summed E-state index contributed by atoms with van der Waals surface area (Å²) < 4.78 is 0. The minimum atomic E-state index is 0.698. The molecule has 1 aliphatic rings. The van der Waals surface area contributed by atoms with E-state index in [0.717, 1.165) is 24.2 Å². The Morgan fingerprint density at radius 2 is 1.62 bits per heavy atom. The largest absolute Gasteiger partial charge is 0.371 e. The number of benzene rings is 3. The van der Waals surface area contributed by atoms with Crippen molar-refractivity contribution < 1.29 is 0 Å². The van der Waals surface area contributed by atoms with E-state index < -0.39 is 0 Å². The lowest BCUT2D eigenvalue weighted by atomic mass is 9.98. The van der Waals surface area contributed by atoms with E-state index in [4.69, 9.17) is 0 Å². The lowest BCUT2D eigenvalue weighted by molar-refractivity contribution is 0.949. The van der Waals surface area contributed by atoms with Crippen LogP contribution in [0.15, 0.2) is 60.7 Å². The average molecular weight is 338 g/mol. The molecule has 3 aromatic rings. The van der Waals surface area contributed by atoms with Gasteiger partial charge in [-0.15, -0.1) is 0 Å². The molecule has 4 rings (SSSR count). The molecule has 0 saturated carbocycles. The highest BCUT2D eigenvalue weighted by Gasteiger charge is 2.15. The maximum Gasteiger partial charge on any atom is 0.0998 e. The maximum absolute atomic E-state index is 9.68. The number of aryl methyl sites for hydroxylation is 1. The molecule has 0 radical (unpaired) electrons. The Bertz CT molecular complexity index is 1000. The number of nitrogens with zero attached hydrogens (tertiary/aromatic N) is 2.